The molecule has 0 amide bonds. The van der Waals surface area contributed by atoms with Gasteiger partial charge in [-0.05, 0) is 0 Å². The van der Waals surface area contributed by atoms with Crippen molar-refractivity contribution in [2.24, 2.45) is 7.05 Å². The minimum atomic E-state index is 0.190. The Morgan fingerprint density at radius 3 is 2.44 bits per heavy atom. The molecule has 3 aromatic rings. The number of hydrogen-bond donors (Lipinski definition) is 1. The number of aliphatic hydroxyl groups excluding tert-OH is 1. The van der Waals surface area contributed by atoms with Crippen LogP contribution in [-0.4, -0.2) is 38.7 Å². The van der Waals surface area contributed by atoms with Crippen LogP contribution in [0.3, 0.4) is 0 Å². The zero-order valence-corrected chi connectivity index (χ0v) is 13.4. The fourth-order valence-electron chi connectivity index (χ4n) is 2.03. The Kier molecular flexibility index (Phi) is 3.47. The molecule has 0 saturated carbocycles. The van der Waals surface area contributed by atoms with Crippen LogP contribution in [-0.2, 0) is 13.7 Å². The molecule has 0 aromatic carbocycles. The van der Waals surface area contributed by atoms with Crippen molar-refractivity contribution in [2.75, 3.05) is 0 Å². The first-order valence-corrected chi connectivity index (χ1v) is 9.25. The SMILES string of the molecule is Cn1c(-c2ccc[se]2)ccc1-c1ccc(CO)[se]1. The van der Waals surface area contributed by atoms with Gasteiger partial charge in [0.1, 0.15) is 0 Å². The molecule has 0 saturated heterocycles. The normalized spacial score (nSPS) is 11.0. The third-order valence-electron chi connectivity index (χ3n) is 2.97. The summed E-state index contributed by atoms with van der Waals surface area (Å²) in [5.41, 5.74) is 2.61. The molecule has 2 nitrogen and oxygen atoms in total. The fraction of sp³-hybridized carbons (Fsp3) is 0.143. The second-order valence-electron chi connectivity index (χ2n) is 4.06. The van der Waals surface area contributed by atoms with Crippen LogP contribution in [0.2, 0.25) is 0 Å². The van der Waals surface area contributed by atoms with Crippen LogP contribution < -0.4 is 0 Å². The average Bonchev–Trinajstić information content (AvgIpc) is 3.07. The molecule has 4 heteroatoms. The Morgan fingerprint density at radius 2 is 1.83 bits per heavy atom. The van der Waals surface area contributed by atoms with Crippen molar-refractivity contribution in [3.05, 3.63) is 45.8 Å². The number of hydrogen-bond acceptors (Lipinski definition) is 1. The monoisotopic (exact) mass is 371 g/mol. The molecule has 0 aliphatic carbocycles. The summed E-state index contributed by atoms with van der Waals surface area (Å²) in [4.78, 5) is 2.25. The van der Waals surface area contributed by atoms with E-state index < -0.39 is 0 Å². The van der Waals surface area contributed by atoms with Gasteiger partial charge in [0.05, 0.1) is 0 Å². The summed E-state index contributed by atoms with van der Waals surface area (Å²) < 4.78 is 6.24. The minimum absolute atomic E-state index is 0.190. The van der Waals surface area contributed by atoms with E-state index in [0.717, 1.165) is 4.44 Å². The molecule has 0 aliphatic heterocycles. The van der Waals surface area contributed by atoms with Crippen LogP contribution in [0, 0.1) is 0 Å². The first kappa shape index (κ1) is 12.3. The Bertz CT molecular complexity index is 649. The van der Waals surface area contributed by atoms with E-state index in [0.29, 0.717) is 14.5 Å². The van der Waals surface area contributed by atoms with E-state index in [2.05, 4.69) is 53.0 Å². The van der Waals surface area contributed by atoms with Gasteiger partial charge in [-0.15, -0.1) is 0 Å². The summed E-state index contributed by atoms with van der Waals surface area (Å²) in [6, 6.07) is 13.0. The number of aromatic nitrogens is 1. The number of nitrogens with zero attached hydrogens (tertiary/aromatic N) is 1. The standard InChI is InChI=1S/C14H13NOSe2/c1-15-11(13-3-2-8-17-13)5-6-12(15)14-7-4-10(9-16)18-14/h2-8,16H,9H2,1H3. The molecule has 0 spiro atoms. The van der Waals surface area contributed by atoms with Crippen molar-refractivity contribution < 1.29 is 5.11 Å². The van der Waals surface area contributed by atoms with Crippen LogP contribution in [0.1, 0.15) is 4.44 Å². The first-order chi connectivity index (χ1) is 8.79. The second kappa shape index (κ2) is 5.08. The molecule has 0 bridgehead atoms. The third-order valence-corrected chi connectivity index (χ3v) is 7.13. The summed E-state index contributed by atoms with van der Waals surface area (Å²) in [7, 11) is 2.13. The molecule has 92 valence electrons. The third kappa shape index (κ3) is 2.11. The van der Waals surface area contributed by atoms with Crippen LogP contribution in [0.5, 0.6) is 0 Å². The van der Waals surface area contributed by atoms with Gasteiger partial charge in [-0.1, -0.05) is 0 Å². The van der Waals surface area contributed by atoms with E-state index in [1.54, 1.807) is 0 Å². The van der Waals surface area contributed by atoms with E-state index >= 15 is 0 Å². The van der Waals surface area contributed by atoms with Gasteiger partial charge in [0.2, 0.25) is 0 Å². The van der Waals surface area contributed by atoms with Gasteiger partial charge < -0.3 is 0 Å². The molecular weight excluding hydrogens is 356 g/mol. The fourth-order valence-corrected chi connectivity index (χ4v) is 5.63. The van der Waals surface area contributed by atoms with Crippen LogP contribution in [0.25, 0.3) is 20.3 Å². The zero-order chi connectivity index (χ0) is 12.5. The Morgan fingerprint density at radius 1 is 1.06 bits per heavy atom. The van der Waals surface area contributed by atoms with Crippen molar-refractivity contribution in [3.8, 4) is 20.3 Å². The van der Waals surface area contributed by atoms with E-state index in [1.165, 1.54) is 20.3 Å². The Balaban J connectivity index is 2.04. The van der Waals surface area contributed by atoms with E-state index in [9.17, 15) is 5.11 Å². The van der Waals surface area contributed by atoms with Crippen molar-refractivity contribution in [1.29, 1.82) is 0 Å². The quantitative estimate of drug-likeness (QED) is 0.702. The number of rotatable bonds is 3. The van der Waals surface area contributed by atoms with E-state index in [4.69, 9.17) is 0 Å². The molecular formula is C14H13NOSe2. The summed E-state index contributed by atoms with van der Waals surface area (Å²) >= 11 is 0.763. The Labute approximate surface area is 118 Å². The van der Waals surface area contributed by atoms with Gasteiger partial charge in [-0.3, -0.25) is 0 Å². The van der Waals surface area contributed by atoms with E-state index in [-0.39, 0.29) is 21.1 Å². The summed E-state index contributed by atoms with van der Waals surface area (Å²) in [5, 5.41) is 9.17. The molecule has 0 fully saturated rings. The zero-order valence-electron chi connectivity index (χ0n) is 9.96. The van der Waals surface area contributed by atoms with Crippen molar-refractivity contribution >= 4 is 29.0 Å². The van der Waals surface area contributed by atoms with Gasteiger partial charge in [0, 0.05) is 0 Å². The summed E-state index contributed by atoms with van der Waals surface area (Å²) in [6.07, 6.45) is 0. The molecule has 3 rings (SSSR count). The maximum atomic E-state index is 9.17. The molecule has 0 atom stereocenters. The summed E-state index contributed by atoms with van der Waals surface area (Å²) in [5.74, 6) is 0. The van der Waals surface area contributed by atoms with Gasteiger partial charge in [-0.25, -0.2) is 0 Å². The van der Waals surface area contributed by atoms with Gasteiger partial charge >= 0.3 is 118 Å². The predicted molar refractivity (Wildman–Crippen MR) is 76.1 cm³/mol. The molecule has 3 heterocycles. The molecule has 3 aromatic heterocycles. The first-order valence-electron chi connectivity index (χ1n) is 5.69. The van der Waals surface area contributed by atoms with Crippen LogP contribution in [0.4, 0.5) is 0 Å². The topological polar surface area (TPSA) is 25.2 Å². The molecule has 0 aliphatic rings. The number of aliphatic hydroxyl groups is 1. The summed E-state index contributed by atoms with van der Waals surface area (Å²) in [6.45, 7) is 0.190. The van der Waals surface area contributed by atoms with Crippen molar-refractivity contribution in [3.63, 3.8) is 0 Å². The molecule has 1 N–H and O–H groups in total. The maximum absolute atomic E-state index is 9.17. The molecule has 0 unspecified atom stereocenters. The van der Waals surface area contributed by atoms with Crippen LogP contribution >= 0.6 is 0 Å². The van der Waals surface area contributed by atoms with Gasteiger partial charge in [0.15, 0.2) is 0 Å². The predicted octanol–water partition coefficient (Wildman–Crippen LogP) is 1.97. The average molecular weight is 369 g/mol. The van der Waals surface area contributed by atoms with Crippen molar-refractivity contribution in [1.82, 2.24) is 4.57 Å². The van der Waals surface area contributed by atoms with Gasteiger partial charge in [-0.2, -0.15) is 0 Å². The van der Waals surface area contributed by atoms with Crippen molar-refractivity contribution in [2.45, 2.75) is 6.61 Å². The molecule has 18 heavy (non-hydrogen) atoms. The molecule has 0 radical (unpaired) electrons. The second-order valence-corrected chi connectivity index (χ2v) is 8.50. The van der Waals surface area contributed by atoms with E-state index in [1.807, 2.05) is 0 Å². The van der Waals surface area contributed by atoms with Crippen LogP contribution in [0.15, 0.2) is 41.3 Å². The Hall–Kier alpha value is -0.761. The van der Waals surface area contributed by atoms with Gasteiger partial charge in [0.25, 0.3) is 0 Å².